The van der Waals surface area contributed by atoms with Gasteiger partial charge in [-0.3, -0.25) is 4.79 Å². The molecule has 1 aromatic rings. The van der Waals surface area contributed by atoms with Crippen LogP contribution in [-0.2, 0) is 4.79 Å². The van der Waals surface area contributed by atoms with Gasteiger partial charge >= 0.3 is 5.97 Å². The van der Waals surface area contributed by atoms with Gasteiger partial charge in [0.05, 0.1) is 7.11 Å². The number of carbonyl (C=O) groups excluding carboxylic acids is 1. The highest BCUT2D eigenvalue weighted by molar-refractivity contribution is 5.71. The van der Waals surface area contributed by atoms with Crippen LogP contribution < -0.4 is 14.8 Å². The van der Waals surface area contributed by atoms with E-state index in [9.17, 15) is 4.79 Å². The van der Waals surface area contributed by atoms with Gasteiger partial charge < -0.3 is 14.8 Å². The molecule has 1 rings (SSSR count). The van der Waals surface area contributed by atoms with Crippen LogP contribution in [-0.4, -0.2) is 26.7 Å². The lowest BCUT2D eigenvalue weighted by molar-refractivity contribution is -0.132. The second-order valence-electron chi connectivity index (χ2n) is 3.46. The summed E-state index contributed by atoms with van der Waals surface area (Å²) in [6.45, 7) is 2.16. The summed E-state index contributed by atoms with van der Waals surface area (Å²) in [5.74, 6) is 0.624. The number of nitrogens with one attached hydrogen (secondary N) is 1. The van der Waals surface area contributed by atoms with Crippen molar-refractivity contribution in [3.05, 3.63) is 29.8 Å². The predicted molar refractivity (Wildman–Crippen MR) is 67.3 cm³/mol. The summed E-state index contributed by atoms with van der Waals surface area (Å²) in [6, 6.07) is 5.41. The third kappa shape index (κ3) is 4.28. The van der Waals surface area contributed by atoms with Gasteiger partial charge in [-0.25, -0.2) is 0 Å². The fourth-order valence-corrected chi connectivity index (χ4v) is 1.34. The minimum atomic E-state index is -0.359. The Kier molecular flexibility index (Phi) is 5.23. The van der Waals surface area contributed by atoms with Crippen molar-refractivity contribution in [1.82, 2.24) is 5.32 Å². The zero-order chi connectivity index (χ0) is 12.7. The molecule has 0 amide bonds. The summed E-state index contributed by atoms with van der Waals surface area (Å²) in [5, 5.41) is 3.02. The monoisotopic (exact) mass is 235 g/mol. The molecular weight excluding hydrogens is 218 g/mol. The molecule has 0 atom stereocenters. The highest BCUT2D eigenvalue weighted by Crippen LogP contribution is 2.28. The molecule has 4 nitrogen and oxygen atoms in total. The maximum atomic E-state index is 10.9. The van der Waals surface area contributed by atoms with Crippen LogP contribution in [0.3, 0.4) is 0 Å². The van der Waals surface area contributed by atoms with Gasteiger partial charge in [0, 0.05) is 13.5 Å². The van der Waals surface area contributed by atoms with Gasteiger partial charge in [0.15, 0.2) is 11.5 Å². The first-order valence-corrected chi connectivity index (χ1v) is 5.35. The van der Waals surface area contributed by atoms with Crippen molar-refractivity contribution < 1.29 is 14.3 Å². The van der Waals surface area contributed by atoms with E-state index >= 15 is 0 Å². The molecule has 0 aromatic heterocycles. The number of likely N-dealkylation sites (N-methyl/N-ethyl adjacent to an activating group) is 1. The van der Waals surface area contributed by atoms with Crippen LogP contribution in [0.25, 0.3) is 6.08 Å². The van der Waals surface area contributed by atoms with E-state index in [1.807, 2.05) is 31.3 Å². The van der Waals surface area contributed by atoms with Crippen LogP contribution in [0.1, 0.15) is 12.5 Å². The molecule has 0 saturated heterocycles. The average molecular weight is 235 g/mol. The Morgan fingerprint density at radius 2 is 2.18 bits per heavy atom. The number of ether oxygens (including phenoxy) is 2. The lowest BCUT2D eigenvalue weighted by Crippen LogP contribution is -2.04. The van der Waals surface area contributed by atoms with Crippen molar-refractivity contribution in [2.45, 2.75) is 6.92 Å². The lowest BCUT2D eigenvalue weighted by atomic mass is 10.2. The molecular formula is C13H17NO3. The number of methoxy groups -OCH3 is 1. The molecule has 0 fully saturated rings. The number of benzene rings is 1. The van der Waals surface area contributed by atoms with Gasteiger partial charge in [0.2, 0.25) is 0 Å². The van der Waals surface area contributed by atoms with Crippen molar-refractivity contribution >= 4 is 12.0 Å². The van der Waals surface area contributed by atoms with Gasteiger partial charge in [-0.2, -0.15) is 0 Å². The van der Waals surface area contributed by atoms with E-state index in [-0.39, 0.29) is 5.97 Å². The number of carbonyl (C=O) groups is 1. The van der Waals surface area contributed by atoms with E-state index in [0.29, 0.717) is 11.5 Å². The van der Waals surface area contributed by atoms with Gasteiger partial charge in [0.25, 0.3) is 0 Å². The van der Waals surface area contributed by atoms with E-state index in [1.54, 1.807) is 13.2 Å². The molecule has 0 heterocycles. The molecule has 0 unspecified atom stereocenters. The maximum absolute atomic E-state index is 10.9. The van der Waals surface area contributed by atoms with E-state index < -0.39 is 0 Å². The molecule has 4 heteroatoms. The highest BCUT2D eigenvalue weighted by Gasteiger charge is 2.06. The third-order valence-corrected chi connectivity index (χ3v) is 2.07. The van der Waals surface area contributed by atoms with Crippen LogP contribution in [0.4, 0.5) is 0 Å². The summed E-state index contributed by atoms with van der Waals surface area (Å²) < 4.78 is 10.2. The van der Waals surface area contributed by atoms with Crippen molar-refractivity contribution in [2.24, 2.45) is 0 Å². The second-order valence-corrected chi connectivity index (χ2v) is 3.46. The van der Waals surface area contributed by atoms with Crippen LogP contribution >= 0.6 is 0 Å². The molecule has 92 valence electrons. The van der Waals surface area contributed by atoms with E-state index in [2.05, 4.69) is 5.32 Å². The smallest absolute Gasteiger partial charge is 0.308 e. The molecule has 17 heavy (non-hydrogen) atoms. The third-order valence-electron chi connectivity index (χ3n) is 2.07. The molecule has 0 spiro atoms. The molecule has 0 aliphatic carbocycles. The standard InChI is InChI=1S/C13H17NO3/c1-10(15)17-12-7-6-11(5-4-8-14-2)9-13(12)16-3/h4-7,9,14H,8H2,1-3H3. The zero-order valence-corrected chi connectivity index (χ0v) is 10.3. The SMILES string of the molecule is CNCC=Cc1ccc(OC(C)=O)c(OC)c1. The number of rotatable bonds is 5. The quantitative estimate of drug-likeness (QED) is 0.625. The maximum Gasteiger partial charge on any atom is 0.308 e. The van der Waals surface area contributed by atoms with Crippen LogP contribution in [0.5, 0.6) is 11.5 Å². The predicted octanol–water partition coefficient (Wildman–Crippen LogP) is 1.85. The summed E-state index contributed by atoms with van der Waals surface area (Å²) in [6.07, 6.45) is 3.97. The Morgan fingerprint density at radius 1 is 1.41 bits per heavy atom. The highest BCUT2D eigenvalue weighted by atomic mass is 16.6. The van der Waals surface area contributed by atoms with Crippen LogP contribution in [0, 0.1) is 0 Å². The second kappa shape index (κ2) is 6.70. The van der Waals surface area contributed by atoms with Crippen LogP contribution in [0.2, 0.25) is 0 Å². The first-order chi connectivity index (χ1) is 8.17. The average Bonchev–Trinajstić information content (AvgIpc) is 2.30. The summed E-state index contributed by atoms with van der Waals surface area (Å²) >= 11 is 0. The summed E-state index contributed by atoms with van der Waals surface area (Å²) in [5.41, 5.74) is 0.994. The molecule has 0 aliphatic heterocycles. The summed E-state index contributed by atoms with van der Waals surface area (Å²) in [4.78, 5) is 10.9. The van der Waals surface area contributed by atoms with E-state index in [1.165, 1.54) is 6.92 Å². The molecule has 1 aromatic carbocycles. The first kappa shape index (κ1) is 13.3. The van der Waals surface area contributed by atoms with Crippen LogP contribution in [0.15, 0.2) is 24.3 Å². The number of hydrogen-bond donors (Lipinski definition) is 1. The topological polar surface area (TPSA) is 47.6 Å². The largest absolute Gasteiger partial charge is 0.493 e. The zero-order valence-electron chi connectivity index (χ0n) is 10.3. The molecule has 0 bridgehead atoms. The number of esters is 1. The van der Waals surface area contributed by atoms with Gasteiger partial charge in [-0.1, -0.05) is 18.2 Å². The molecule has 0 saturated carbocycles. The van der Waals surface area contributed by atoms with Gasteiger partial charge in [0.1, 0.15) is 0 Å². The molecule has 0 radical (unpaired) electrons. The van der Waals surface area contributed by atoms with E-state index in [0.717, 1.165) is 12.1 Å². The minimum absolute atomic E-state index is 0.359. The fraction of sp³-hybridized carbons (Fsp3) is 0.308. The Labute approximate surface area is 101 Å². The Hall–Kier alpha value is -1.81. The van der Waals surface area contributed by atoms with Crippen molar-refractivity contribution in [3.8, 4) is 11.5 Å². The van der Waals surface area contributed by atoms with Crippen molar-refractivity contribution in [1.29, 1.82) is 0 Å². The Morgan fingerprint density at radius 3 is 2.76 bits per heavy atom. The minimum Gasteiger partial charge on any atom is -0.493 e. The van der Waals surface area contributed by atoms with Crippen molar-refractivity contribution in [2.75, 3.05) is 20.7 Å². The van der Waals surface area contributed by atoms with Gasteiger partial charge in [-0.15, -0.1) is 0 Å². The Bertz CT molecular complexity index is 413. The van der Waals surface area contributed by atoms with E-state index in [4.69, 9.17) is 9.47 Å². The normalized spacial score (nSPS) is 10.5. The lowest BCUT2D eigenvalue weighted by Gasteiger charge is -2.08. The van der Waals surface area contributed by atoms with Crippen molar-refractivity contribution in [3.63, 3.8) is 0 Å². The molecule has 1 N–H and O–H groups in total. The number of hydrogen-bond acceptors (Lipinski definition) is 4. The van der Waals surface area contributed by atoms with Gasteiger partial charge in [-0.05, 0) is 24.7 Å². The first-order valence-electron chi connectivity index (χ1n) is 5.35. The summed E-state index contributed by atoms with van der Waals surface area (Å²) in [7, 11) is 3.43. The molecule has 0 aliphatic rings. The fourth-order valence-electron chi connectivity index (χ4n) is 1.34. The Balaban J connectivity index is 2.88.